The first-order chi connectivity index (χ1) is 11.5. The van der Waals surface area contributed by atoms with Gasteiger partial charge in [-0.3, -0.25) is 4.79 Å². The topological polar surface area (TPSA) is 112 Å². The first-order valence-electron chi connectivity index (χ1n) is 7.21. The molecule has 2 rings (SSSR count). The number of methoxy groups -OCH3 is 2. The fourth-order valence-corrected chi connectivity index (χ4v) is 2.05. The molecule has 25 heavy (non-hydrogen) atoms. The number of guanidine groups is 1. The fraction of sp³-hybridized carbons (Fsp3) is 0.176. The van der Waals surface area contributed by atoms with Gasteiger partial charge in [0.1, 0.15) is 0 Å². The van der Waals surface area contributed by atoms with Gasteiger partial charge in [0, 0.05) is 17.3 Å². The molecule has 0 fully saturated rings. The van der Waals surface area contributed by atoms with Gasteiger partial charge in [-0.25, -0.2) is 4.99 Å². The molecule has 7 nitrogen and oxygen atoms in total. The summed E-state index contributed by atoms with van der Waals surface area (Å²) < 4.78 is 10.4. The van der Waals surface area contributed by atoms with E-state index in [1.165, 1.54) is 0 Å². The molecular weight excluding hydrogens is 435 g/mol. The molecule has 0 saturated heterocycles. The predicted molar refractivity (Wildman–Crippen MR) is 109 cm³/mol. The zero-order chi connectivity index (χ0) is 17.5. The van der Waals surface area contributed by atoms with Crippen LogP contribution in [0.4, 0.5) is 5.69 Å². The average molecular weight is 456 g/mol. The van der Waals surface area contributed by atoms with E-state index in [0.717, 1.165) is 11.3 Å². The number of benzene rings is 2. The van der Waals surface area contributed by atoms with Gasteiger partial charge in [-0.1, -0.05) is 12.1 Å². The molecule has 0 atom stereocenters. The summed E-state index contributed by atoms with van der Waals surface area (Å²) in [4.78, 5) is 15.3. The number of aliphatic imine (C=N–C) groups is 1. The molecule has 0 aliphatic carbocycles. The number of primary amides is 1. The zero-order valence-electron chi connectivity index (χ0n) is 14.0. The van der Waals surface area contributed by atoms with Gasteiger partial charge < -0.3 is 26.3 Å². The molecule has 0 heterocycles. The van der Waals surface area contributed by atoms with Crippen molar-refractivity contribution in [2.45, 2.75) is 6.54 Å². The van der Waals surface area contributed by atoms with Gasteiger partial charge in [0.15, 0.2) is 17.5 Å². The highest BCUT2D eigenvalue weighted by Crippen LogP contribution is 2.29. The van der Waals surface area contributed by atoms with Gasteiger partial charge in [-0.2, -0.15) is 0 Å². The largest absolute Gasteiger partial charge is 0.493 e. The van der Waals surface area contributed by atoms with Crippen LogP contribution in [0.5, 0.6) is 11.5 Å². The lowest BCUT2D eigenvalue weighted by Crippen LogP contribution is -2.22. The molecule has 2 aromatic rings. The molecule has 0 radical (unpaired) electrons. The summed E-state index contributed by atoms with van der Waals surface area (Å²) in [7, 11) is 3.14. The van der Waals surface area contributed by atoms with Crippen LogP contribution < -0.4 is 26.3 Å². The van der Waals surface area contributed by atoms with E-state index in [1.54, 1.807) is 50.6 Å². The van der Waals surface area contributed by atoms with Crippen molar-refractivity contribution in [3.63, 3.8) is 0 Å². The average Bonchev–Trinajstić information content (AvgIpc) is 2.60. The van der Waals surface area contributed by atoms with Crippen molar-refractivity contribution in [2.75, 3.05) is 19.5 Å². The van der Waals surface area contributed by atoms with Crippen LogP contribution in [-0.2, 0) is 6.54 Å². The quantitative estimate of drug-likeness (QED) is 0.351. The second kappa shape index (κ2) is 9.72. The number of nitrogens with two attached hydrogens (primary N) is 2. The standard InChI is InChI=1S/C17H20N4O3.HI/c1-23-14-8-7-13(9-15(14)24-2)21-17(19)20-10-11-3-5-12(6-4-11)16(18)22;/h3-9H,10H2,1-2H3,(H2,18,22)(H3,19,20,21);1H. The third kappa shape index (κ3) is 5.82. The van der Waals surface area contributed by atoms with Gasteiger partial charge in [0.05, 0.1) is 20.8 Å². The number of carbonyl (C=O) groups is 1. The van der Waals surface area contributed by atoms with Crippen LogP contribution in [0.1, 0.15) is 15.9 Å². The monoisotopic (exact) mass is 456 g/mol. The molecule has 0 bridgehead atoms. The van der Waals surface area contributed by atoms with Crippen molar-refractivity contribution in [3.05, 3.63) is 53.6 Å². The lowest BCUT2D eigenvalue weighted by Gasteiger charge is -2.11. The molecule has 0 saturated carbocycles. The Balaban J connectivity index is 0.00000312. The molecule has 0 aliphatic heterocycles. The normalized spacial score (nSPS) is 10.6. The Kier molecular flexibility index (Phi) is 7.99. The number of nitrogens with one attached hydrogen (secondary N) is 1. The lowest BCUT2D eigenvalue weighted by atomic mass is 10.1. The molecular formula is C17H21IN4O3. The number of ether oxygens (including phenoxy) is 2. The van der Waals surface area contributed by atoms with E-state index in [9.17, 15) is 4.79 Å². The van der Waals surface area contributed by atoms with Crippen LogP contribution in [0.25, 0.3) is 0 Å². The van der Waals surface area contributed by atoms with E-state index in [4.69, 9.17) is 20.9 Å². The Morgan fingerprint density at radius 2 is 1.68 bits per heavy atom. The summed E-state index contributed by atoms with van der Waals surface area (Å²) in [5, 5.41) is 2.99. The molecule has 0 aromatic heterocycles. The lowest BCUT2D eigenvalue weighted by molar-refractivity contribution is 0.100. The first kappa shape index (κ1) is 20.6. The number of nitrogens with zero attached hydrogens (tertiary/aromatic N) is 1. The second-order valence-corrected chi connectivity index (χ2v) is 4.96. The molecule has 1 amide bonds. The van der Waals surface area contributed by atoms with Gasteiger partial charge in [-0.05, 0) is 29.8 Å². The number of rotatable bonds is 6. The zero-order valence-corrected chi connectivity index (χ0v) is 16.3. The molecule has 134 valence electrons. The Labute approximate surface area is 163 Å². The van der Waals surface area contributed by atoms with E-state index >= 15 is 0 Å². The van der Waals surface area contributed by atoms with Gasteiger partial charge >= 0.3 is 0 Å². The third-order valence-electron chi connectivity index (χ3n) is 3.33. The molecule has 0 aliphatic rings. The van der Waals surface area contributed by atoms with E-state index < -0.39 is 5.91 Å². The van der Waals surface area contributed by atoms with Crippen LogP contribution in [0.3, 0.4) is 0 Å². The third-order valence-corrected chi connectivity index (χ3v) is 3.33. The highest BCUT2D eigenvalue weighted by molar-refractivity contribution is 14.0. The number of halogens is 1. The maximum Gasteiger partial charge on any atom is 0.248 e. The number of anilines is 1. The highest BCUT2D eigenvalue weighted by atomic mass is 127. The summed E-state index contributed by atoms with van der Waals surface area (Å²) in [6, 6.07) is 12.2. The Morgan fingerprint density at radius 1 is 1.04 bits per heavy atom. The molecule has 5 N–H and O–H groups in total. The van der Waals surface area contributed by atoms with Crippen LogP contribution >= 0.6 is 24.0 Å². The Morgan fingerprint density at radius 3 is 2.24 bits per heavy atom. The molecule has 0 spiro atoms. The van der Waals surface area contributed by atoms with E-state index in [0.29, 0.717) is 23.6 Å². The molecule has 2 aromatic carbocycles. The van der Waals surface area contributed by atoms with Crippen LogP contribution in [0, 0.1) is 0 Å². The first-order valence-corrected chi connectivity index (χ1v) is 7.21. The minimum absolute atomic E-state index is 0. The van der Waals surface area contributed by atoms with Crippen molar-refractivity contribution >= 4 is 41.5 Å². The number of hydrogen-bond donors (Lipinski definition) is 3. The van der Waals surface area contributed by atoms with E-state index in [1.807, 2.05) is 6.07 Å². The summed E-state index contributed by atoms with van der Waals surface area (Å²) >= 11 is 0. The highest BCUT2D eigenvalue weighted by Gasteiger charge is 2.05. The second-order valence-electron chi connectivity index (χ2n) is 4.96. The predicted octanol–water partition coefficient (Wildman–Crippen LogP) is 2.35. The van der Waals surface area contributed by atoms with Crippen molar-refractivity contribution in [2.24, 2.45) is 16.5 Å². The van der Waals surface area contributed by atoms with Crippen LogP contribution in [0.15, 0.2) is 47.5 Å². The summed E-state index contributed by atoms with van der Waals surface area (Å²) in [6.45, 7) is 0.380. The Bertz CT molecular complexity index is 748. The van der Waals surface area contributed by atoms with E-state index in [2.05, 4.69) is 10.3 Å². The minimum Gasteiger partial charge on any atom is -0.493 e. The van der Waals surface area contributed by atoms with Gasteiger partial charge in [0.25, 0.3) is 0 Å². The van der Waals surface area contributed by atoms with Crippen molar-refractivity contribution in [3.8, 4) is 11.5 Å². The minimum atomic E-state index is -0.459. The van der Waals surface area contributed by atoms with Crippen molar-refractivity contribution < 1.29 is 14.3 Å². The van der Waals surface area contributed by atoms with Crippen LogP contribution in [-0.4, -0.2) is 26.1 Å². The van der Waals surface area contributed by atoms with E-state index in [-0.39, 0.29) is 29.9 Å². The van der Waals surface area contributed by atoms with Crippen molar-refractivity contribution in [1.82, 2.24) is 0 Å². The summed E-state index contributed by atoms with van der Waals surface area (Å²) in [5.74, 6) is 1.03. The summed E-state index contributed by atoms with van der Waals surface area (Å²) in [6.07, 6.45) is 0. The van der Waals surface area contributed by atoms with Gasteiger partial charge in [-0.15, -0.1) is 24.0 Å². The fourth-order valence-electron chi connectivity index (χ4n) is 2.05. The SMILES string of the molecule is COc1ccc(NC(N)=NCc2ccc(C(N)=O)cc2)cc1OC.I. The number of amides is 1. The maximum absolute atomic E-state index is 11.0. The summed E-state index contributed by atoms with van der Waals surface area (Å²) in [5.41, 5.74) is 13.2. The van der Waals surface area contributed by atoms with Crippen molar-refractivity contribution in [1.29, 1.82) is 0 Å². The molecule has 8 heteroatoms. The molecule has 0 unspecified atom stereocenters. The van der Waals surface area contributed by atoms with Crippen LogP contribution in [0.2, 0.25) is 0 Å². The number of carbonyl (C=O) groups excluding carboxylic acids is 1. The maximum atomic E-state index is 11.0. The Hall–Kier alpha value is -2.49. The van der Waals surface area contributed by atoms with Gasteiger partial charge in [0.2, 0.25) is 5.91 Å². The number of hydrogen-bond acceptors (Lipinski definition) is 4. The smallest absolute Gasteiger partial charge is 0.248 e.